The molecule has 0 saturated heterocycles. The second-order valence-electron chi connectivity index (χ2n) is 3.59. The smallest absolute Gasteiger partial charge is 0.256 e. The van der Waals surface area contributed by atoms with Crippen LogP contribution in [0.3, 0.4) is 0 Å². The lowest BCUT2D eigenvalue weighted by atomic mass is 10.2. The summed E-state index contributed by atoms with van der Waals surface area (Å²) in [6, 6.07) is 1.27. The molecule has 1 heterocycles. The third kappa shape index (κ3) is 4.38. The van der Waals surface area contributed by atoms with Crippen LogP contribution >= 0.6 is 23.2 Å². The lowest BCUT2D eigenvalue weighted by molar-refractivity contribution is -0.121. The zero-order valence-corrected chi connectivity index (χ0v) is 11.1. The number of hydrogen-bond donors (Lipinski definition) is 2. The maximum absolute atomic E-state index is 12.0. The molecule has 0 fully saturated rings. The Bertz CT molecular complexity index is 520. The quantitative estimate of drug-likeness (QED) is 0.732. The minimum absolute atomic E-state index is 0.0366. The van der Waals surface area contributed by atoms with Gasteiger partial charge < -0.3 is 16.4 Å². The molecule has 7 nitrogen and oxygen atoms in total. The molecule has 0 bridgehead atoms. The van der Waals surface area contributed by atoms with Crippen molar-refractivity contribution in [3.8, 4) is 0 Å². The van der Waals surface area contributed by atoms with Gasteiger partial charge in [0.15, 0.2) is 0 Å². The lowest BCUT2D eigenvalue weighted by Gasteiger charge is -2.19. The Labute approximate surface area is 118 Å². The highest BCUT2D eigenvalue weighted by atomic mass is 35.5. The highest BCUT2D eigenvalue weighted by Gasteiger charge is 2.20. The molecule has 0 aliphatic heterocycles. The first-order valence-electron chi connectivity index (χ1n) is 4.98. The Kier molecular flexibility index (Phi) is 5.08. The van der Waals surface area contributed by atoms with E-state index in [1.54, 1.807) is 0 Å². The first-order chi connectivity index (χ1) is 8.81. The average molecular weight is 305 g/mol. The SMILES string of the molecule is NC(=O)CN(CC(N)=O)C(=O)c1cnc(Cl)c(Cl)c1. The van der Waals surface area contributed by atoms with Crippen molar-refractivity contribution in [2.75, 3.05) is 13.1 Å². The zero-order chi connectivity index (χ0) is 14.6. The number of carbonyl (C=O) groups excluding carboxylic acids is 3. The highest BCUT2D eigenvalue weighted by Crippen LogP contribution is 2.20. The van der Waals surface area contributed by atoms with Crippen LogP contribution in [0.1, 0.15) is 10.4 Å². The summed E-state index contributed by atoms with van der Waals surface area (Å²) in [5.41, 5.74) is 10.0. The van der Waals surface area contributed by atoms with Crippen LogP contribution in [0.15, 0.2) is 12.3 Å². The van der Waals surface area contributed by atoms with Crippen molar-refractivity contribution in [3.05, 3.63) is 28.0 Å². The molecule has 4 N–H and O–H groups in total. The fraction of sp³-hybridized carbons (Fsp3) is 0.200. The van der Waals surface area contributed by atoms with E-state index in [9.17, 15) is 14.4 Å². The molecule has 0 aliphatic carbocycles. The average Bonchev–Trinajstić information content (AvgIpc) is 2.29. The summed E-state index contributed by atoms with van der Waals surface area (Å²) >= 11 is 11.3. The fourth-order valence-corrected chi connectivity index (χ4v) is 1.57. The third-order valence-electron chi connectivity index (χ3n) is 2.02. The summed E-state index contributed by atoms with van der Waals surface area (Å²) in [6.07, 6.45) is 1.17. The van der Waals surface area contributed by atoms with Crippen molar-refractivity contribution < 1.29 is 14.4 Å². The summed E-state index contributed by atoms with van der Waals surface area (Å²) in [4.78, 5) is 38.4. The normalized spacial score (nSPS) is 10.0. The predicted molar refractivity (Wildman–Crippen MR) is 68.5 cm³/mol. The van der Waals surface area contributed by atoms with Crippen LogP contribution in [-0.2, 0) is 9.59 Å². The molecular formula is C10H10Cl2N4O3. The number of nitrogens with two attached hydrogens (primary N) is 2. The van der Waals surface area contributed by atoms with E-state index in [0.717, 1.165) is 4.90 Å². The number of halogens is 2. The Balaban J connectivity index is 3.00. The topological polar surface area (TPSA) is 119 Å². The van der Waals surface area contributed by atoms with Gasteiger partial charge in [0.1, 0.15) is 18.2 Å². The number of aromatic nitrogens is 1. The zero-order valence-electron chi connectivity index (χ0n) is 9.60. The van der Waals surface area contributed by atoms with Crippen molar-refractivity contribution in [3.63, 3.8) is 0 Å². The Morgan fingerprint density at radius 2 is 1.68 bits per heavy atom. The van der Waals surface area contributed by atoms with Gasteiger partial charge in [0.05, 0.1) is 10.6 Å². The van der Waals surface area contributed by atoms with E-state index >= 15 is 0 Å². The Hall–Kier alpha value is -1.86. The van der Waals surface area contributed by atoms with Gasteiger partial charge in [0, 0.05) is 6.20 Å². The van der Waals surface area contributed by atoms with Crippen molar-refractivity contribution in [1.82, 2.24) is 9.88 Å². The number of hydrogen-bond acceptors (Lipinski definition) is 4. The van der Waals surface area contributed by atoms with E-state index in [4.69, 9.17) is 34.7 Å². The fourth-order valence-electron chi connectivity index (χ4n) is 1.30. The third-order valence-corrected chi connectivity index (χ3v) is 2.71. The van der Waals surface area contributed by atoms with Crippen LogP contribution in [0.25, 0.3) is 0 Å². The molecule has 0 radical (unpaired) electrons. The van der Waals surface area contributed by atoms with Gasteiger partial charge in [-0.05, 0) is 6.07 Å². The molecular weight excluding hydrogens is 295 g/mol. The van der Waals surface area contributed by atoms with E-state index in [-0.39, 0.29) is 15.7 Å². The molecule has 0 spiro atoms. The van der Waals surface area contributed by atoms with Gasteiger partial charge in [-0.3, -0.25) is 14.4 Å². The molecule has 1 rings (SSSR count). The molecule has 0 atom stereocenters. The van der Waals surface area contributed by atoms with Crippen LogP contribution in [0.5, 0.6) is 0 Å². The minimum Gasteiger partial charge on any atom is -0.368 e. The standard InChI is InChI=1S/C10H10Cl2N4O3/c11-6-1-5(2-15-9(6)12)10(19)16(3-7(13)17)4-8(14)18/h1-2H,3-4H2,(H2,13,17)(H2,14,18). The maximum atomic E-state index is 12.0. The van der Waals surface area contributed by atoms with Gasteiger partial charge in [-0.2, -0.15) is 0 Å². The number of rotatable bonds is 5. The summed E-state index contributed by atoms with van der Waals surface area (Å²) in [7, 11) is 0. The number of carbonyl (C=O) groups is 3. The molecule has 0 unspecified atom stereocenters. The van der Waals surface area contributed by atoms with Crippen LogP contribution in [0, 0.1) is 0 Å². The van der Waals surface area contributed by atoms with Crippen LogP contribution < -0.4 is 11.5 Å². The minimum atomic E-state index is -0.775. The van der Waals surface area contributed by atoms with Crippen molar-refractivity contribution in [1.29, 1.82) is 0 Å². The monoisotopic (exact) mass is 304 g/mol. The molecule has 0 aliphatic rings. The molecule has 3 amide bonds. The first kappa shape index (κ1) is 15.2. The van der Waals surface area contributed by atoms with Crippen molar-refractivity contribution in [2.24, 2.45) is 11.5 Å². The van der Waals surface area contributed by atoms with E-state index < -0.39 is 30.8 Å². The summed E-state index contributed by atoms with van der Waals surface area (Å²) < 4.78 is 0. The highest BCUT2D eigenvalue weighted by molar-refractivity contribution is 6.41. The van der Waals surface area contributed by atoms with Gasteiger partial charge in [-0.25, -0.2) is 4.98 Å². The molecule has 1 aromatic heterocycles. The van der Waals surface area contributed by atoms with Gasteiger partial charge in [0.25, 0.3) is 5.91 Å². The van der Waals surface area contributed by atoms with Gasteiger partial charge in [0.2, 0.25) is 11.8 Å². The maximum Gasteiger partial charge on any atom is 0.256 e. The lowest BCUT2D eigenvalue weighted by Crippen LogP contribution is -2.43. The van der Waals surface area contributed by atoms with Crippen molar-refractivity contribution in [2.45, 2.75) is 0 Å². The number of pyridine rings is 1. The first-order valence-corrected chi connectivity index (χ1v) is 5.73. The van der Waals surface area contributed by atoms with Crippen LogP contribution in [0.4, 0.5) is 0 Å². The molecule has 9 heteroatoms. The van der Waals surface area contributed by atoms with Gasteiger partial charge in [-0.15, -0.1) is 0 Å². The van der Waals surface area contributed by atoms with E-state index in [2.05, 4.69) is 4.98 Å². The molecule has 0 saturated carbocycles. The molecule has 1 aromatic rings. The number of primary amides is 2. The van der Waals surface area contributed by atoms with Gasteiger partial charge >= 0.3 is 0 Å². The summed E-state index contributed by atoms with van der Waals surface area (Å²) in [5, 5.41) is 0.111. The predicted octanol–water partition coefficient (Wildman–Crippen LogP) is -0.199. The molecule has 102 valence electrons. The van der Waals surface area contributed by atoms with Gasteiger partial charge in [-0.1, -0.05) is 23.2 Å². The largest absolute Gasteiger partial charge is 0.368 e. The summed E-state index contributed by atoms with van der Waals surface area (Å²) in [6.45, 7) is -0.885. The Morgan fingerprint density at radius 1 is 1.16 bits per heavy atom. The second kappa shape index (κ2) is 6.35. The van der Waals surface area contributed by atoms with Crippen LogP contribution in [0.2, 0.25) is 10.2 Å². The molecule has 0 aromatic carbocycles. The van der Waals surface area contributed by atoms with Crippen molar-refractivity contribution >= 4 is 40.9 Å². The van der Waals surface area contributed by atoms with E-state index in [0.29, 0.717) is 0 Å². The van der Waals surface area contributed by atoms with E-state index in [1.807, 2.05) is 0 Å². The summed E-state index contributed by atoms with van der Waals surface area (Å²) in [5.74, 6) is -2.20. The molecule has 19 heavy (non-hydrogen) atoms. The van der Waals surface area contributed by atoms with E-state index in [1.165, 1.54) is 12.3 Å². The number of nitrogens with zero attached hydrogens (tertiary/aromatic N) is 2. The van der Waals surface area contributed by atoms with Crippen LogP contribution in [-0.4, -0.2) is 40.7 Å². The second-order valence-corrected chi connectivity index (χ2v) is 4.36. The Morgan fingerprint density at radius 3 is 2.11 bits per heavy atom. The number of amides is 3.